The lowest BCUT2D eigenvalue weighted by Crippen LogP contribution is -2.26. The Hall–Kier alpha value is -1.52. The minimum Gasteiger partial charge on any atom is -0.476 e. The van der Waals surface area contributed by atoms with Gasteiger partial charge in [0.2, 0.25) is 11.8 Å². The van der Waals surface area contributed by atoms with Crippen molar-refractivity contribution >= 4 is 40.6 Å². The number of nitrogens with two attached hydrogens (primary N) is 1. The Morgan fingerprint density at radius 3 is 2.52 bits per heavy atom. The molecule has 18 nitrogen and oxygen atoms in total. The fraction of sp³-hybridized carbons (Fsp3) is 0.583. The third kappa shape index (κ3) is 6.76. The number of fused-ring (bicyclic) bond motifs is 1. The standard InChI is InChI=1S/C12H20N5O13P3/c1-2-26-11-9-10(15-12(13)16-11)17(5-14-9)8-3-6(18)7(28-8)4-27-32(22,23)30-33(24,25)29-31(19,20)21/h5-8,18H,2-4H2,1H3,(H,22,23)(H,24,25)(H2,13,15,16)(H2,19,20,21). The summed E-state index contributed by atoms with van der Waals surface area (Å²) in [4.78, 5) is 47.9. The summed E-state index contributed by atoms with van der Waals surface area (Å²) in [6.07, 6.45) is -2.02. The van der Waals surface area contributed by atoms with Gasteiger partial charge in [0.05, 0.1) is 25.6 Å². The largest absolute Gasteiger partial charge is 0.490 e. The molecule has 3 heterocycles. The first kappa shape index (κ1) is 26.1. The minimum absolute atomic E-state index is 0.0379. The highest BCUT2D eigenvalue weighted by Crippen LogP contribution is 2.66. The van der Waals surface area contributed by atoms with Crippen LogP contribution in [0.4, 0.5) is 5.95 Å². The van der Waals surface area contributed by atoms with Crippen LogP contribution in [0.25, 0.3) is 11.2 Å². The molecule has 0 amide bonds. The van der Waals surface area contributed by atoms with Gasteiger partial charge in [-0.2, -0.15) is 18.6 Å². The minimum atomic E-state index is -5.66. The summed E-state index contributed by atoms with van der Waals surface area (Å²) in [5, 5.41) is 10.2. The summed E-state index contributed by atoms with van der Waals surface area (Å²) in [6, 6.07) is 0. The summed E-state index contributed by atoms with van der Waals surface area (Å²) >= 11 is 0. The summed E-state index contributed by atoms with van der Waals surface area (Å²) in [7, 11) is -16.5. The van der Waals surface area contributed by atoms with Gasteiger partial charge in [-0.3, -0.25) is 9.09 Å². The van der Waals surface area contributed by atoms with Crippen molar-refractivity contribution < 1.29 is 61.0 Å². The molecule has 1 aliphatic heterocycles. The van der Waals surface area contributed by atoms with Crippen molar-refractivity contribution in [1.82, 2.24) is 19.5 Å². The zero-order valence-electron chi connectivity index (χ0n) is 16.6. The van der Waals surface area contributed by atoms with Crippen LogP contribution in [0.3, 0.4) is 0 Å². The molecule has 0 radical (unpaired) electrons. The second kappa shape index (κ2) is 9.62. The van der Waals surface area contributed by atoms with E-state index in [0.29, 0.717) is 6.61 Å². The number of aliphatic hydroxyl groups is 1. The normalized spacial score (nSPS) is 25.1. The van der Waals surface area contributed by atoms with Gasteiger partial charge in [-0.1, -0.05) is 0 Å². The first-order chi connectivity index (χ1) is 15.2. The molecule has 3 rings (SSSR count). The highest BCUT2D eigenvalue weighted by Gasteiger charge is 2.43. The Kier molecular flexibility index (Phi) is 7.60. The Morgan fingerprint density at radius 2 is 1.88 bits per heavy atom. The highest BCUT2D eigenvalue weighted by molar-refractivity contribution is 7.66. The van der Waals surface area contributed by atoms with Crippen molar-refractivity contribution in [1.29, 1.82) is 0 Å². The number of rotatable bonds is 10. The molecular formula is C12H20N5O13P3. The van der Waals surface area contributed by atoms with Crippen LogP contribution < -0.4 is 10.5 Å². The van der Waals surface area contributed by atoms with E-state index < -0.39 is 48.5 Å². The number of phosphoric acid groups is 3. The van der Waals surface area contributed by atoms with Crippen molar-refractivity contribution in [2.75, 3.05) is 18.9 Å². The van der Waals surface area contributed by atoms with Gasteiger partial charge in [-0.25, -0.2) is 18.7 Å². The zero-order chi connectivity index (χ0) is 24.6. The van der Waals surface area contributed by atoms with E-state index in [1.54, 1.807) is 6.92 Å². The topological polar surface area (TPSA) is 268 Å². The van der Waals surface area contributed by atoms with Crippen LogP contribution >= 0.6 is 23.5 Å². The molecule has 2 aromatic rings. The van der Waals surface area contributed by atoms with Crippen molar-refractivity contribution in [3.8, 4) is 5.88 Å². The van der Waals surface area contributed by atoms with E-state index >= 15 is 0 Å². The number of hydrogen-bond acceptors (Lipinski definition) is 13. The first-order valence-electron chi connectivity index (χ1n) is 8.94. The smallest absolute Gasteiger partial charge is 0.476 e. The van der Waals surface area contributed by atoms with E-state index in [9.17, 15) is 23.7 Å². The van der Waals surface area contributed by atoms with Gasteiger partial charge in [0.1, 0.15) is 12.3 Å². The molecule has 1 saturated heterocycles. The van der Waals surface area contributed by atoms with Crippen LogP contribution in [0.2, 0.25) is 0 Å². The van der Waals surface area contributed by atoms with Crippen LogP contribution in [0.5, 0.6) is 5.88 Å². The maximum absolute atomic E-state index is 11.8. The highest BCUT2D eigenvalue weighted by atomic mass is 31.3. The summed E-state index contributed by atoms with van der Waals surface area (Å²) < 4.78 is 58.0. The Labute approximate surface area is 184 Å². The molecule has 0 aromatic carbocycles. The fourth-order valence-electron chi connectivity index (χ4n) is 2.86. The van der Waals surface area contributed by atoms with Crippen molar-refractivity contribution in [2.45, 2.75) is 31.8 Å². The number of hydrogen-bond donors (Lipinski definition) is 6. The van der Waals surface area contributed by atoms with Crippen LogP contribution in [-0.2, 0) is 31.6 Å². The number of nitrogen functional groups attached to an aromatic ring is 1. The molecule has 0 saturated carbocycles. The lowest BCUT2D eigenvalue weighted by Gasteiger charge is -2.19. The van der Waals surface area contributed by atoms with E-state index in [4.69, 9.17) is 29.9 Å². The molecular weight excluding hydrogens is 515 g/mol. The second-order valence-corrected chi connectivity index (χ2v) is 10.9. The molecule has 186 valence electrons. The molecule has 33 heavy (non-hydrogen) atoms. The van der Waals surface area contributed by atoms with Crippen molar-refractivity contribution in [3.05, 3.63) is 6.33 Å². The number of anilines is 1. The van der Waals surface area contributed by atoms with Gasteiger partial charge in [0.15, 0.2) is 11.2 Å². The molecule has 1 aliphatic rings. The van der Waals surface area contributed by atoms with E-state index in [2.05, 4.69) is 28.1 Å². The summed E-state index contributed by atoms with van der Waals surface area (Å²) in [5.41, 5.74) is 6.20. The predicted molar refractivity (Wildman–Crippen MR) is 105 cm³/mol. The number of imidazole rings is 1. The lowest BCUT2D eigenvalue weighted by atomic mass is 10.2. The summed E-state index contributed by atoms with van der Waals surface area (Å²) in [5.74, 6) is 0.0389. The molecule has 2 aromatic heterocycles. The molecule has 5 atom stereocenters. The summed E-state index contributed by atoms with van der Waals surface area (Å²) in [6.45, 7) is 1.22. The van der Waals surface area contributed by atoms with Crippen LogP contribution in [-0.4, -0.2) is 69.6 Å². The molecule has 5 unspecified atom stereocenters. The lowest BCUT2D eigenvalue weighted by molar-refractivity contribution is -0.0423. The van der Waals surface area contributed by atoms with Crippen LogP contribution in [0.1, 0.15) is 19.6 Å². The van der Waals surface area contributed by atoms with Gasteiger partial charge in [0, 0.05) is 6.42 Å². The van der Waals surface area contributed by atoms with Crippen molar-refractivity contribution in [3.63, 3.8) is 0 Å². The third-order valence-electron chi connectivity index (χ3n) is 4.02. The fourth-order valence-corrected chi connectivity index (χ4v) is 5.89. The van der Waals surface area contributed by atoms with Gasteiger partial charge >= 0.3 is 23.5 Å². The van der Waals surface area contributed by atoms with E-state index in [1.165, 1.54) is 10.9 Å². The molecule has 1 fully saturated rings. The number of aromatic nitrogens is 4. The Balaban J connectivity index is 1.69. The van der Waals surface area contributed by atoms with Gasteiger partial charge in [0.25, 0.3) is 0 Å². The van der Waals surface area contributed by atoms with Gasteiger partial charge < -0.3 is 39.9 Å². The van der Waals surface area contributed by atoms with Gasteiger partial charge in [-0.15, -0.1) is 0 Å². The average Bonchev–Trinajstić information content (AvgIpc) is 3.20. The molecule has 7 N–H and O–H groups in total. The maximum Gasteiger partial charge on any atom is 0.490 e. The Bertz CT molecular complexity index is 1150. The van der Waals surface area contributed by atoms with Crippen LogP contribution in [0.15, 0.2) is 6.33 Å². The molecule has 0 bridgehead atoms. The first-order valence-corrected chi connectivity index (χ1v) is 13.5. The van der Waals surface area contributed by atoms with E-state index in [0.717, 1.165) is 0 Å². The maximum atomic E-state index is 11.8. The molecule has 0 aliphatic carbocycles. The number of ether oxygens (including phenoxy) is 2. The number of aliphatic hydroxyl groups excluding tert-OH is 1. The Morgan fingerprint density at radius 1 is 1.18 bits per heavy atom. The van der Waals surface area contributed by atoms with Crippen LogP contribution in [0, 0.1) is 0 Å². The SMILES string of the molecule is CCOc1nc(N)nc2c1ncn2C1CC(O)C(COP(=O)(O)OP(=O)(O)OP(=O)(O)O)O1. The zero-order valence-corrected chi connectivity index (χ0v) is 19.3. The molecule has 0 spiro atoms. The molecule has 21 heteroatoms. The monoisotopic (exact) mass is 535 g/mol. The second-order valence-electron chi connectivity index (χ2n) is 6.46. The van der Waals surface area contributed by atoms with E-state index in [1.807, 2.05) is 0 Å². The third-order valence-corrected chi connectivity index (χ3v) is 7.82. The van der Waals surface area contributed by atoms with Crippen molar-refractivity contribution in [2.24, 2.45) is 0 Å². The van der Waals surface area contributed by atoms with E-state index in [-0.39, 0.29) is 29.4 Å². The quantitative estimate of drug-likeness (QED) is 0.215. The predicted octanol–water partition coefficient (Wildman–Crippen LogP) is -0.201. The number of phosphoric ester groups is 1. The van der Waals surface area contributed by atoms with Gasteiger partial charge in [-0.05, 0) is 6.92 Å². The number of nitrogens with zero attached hydrogens (tertiary/aromatic N) is 4. The average molecular weight is 535 g/mol.